The van der Waals surface area contributed by atoms with Crippen molar-refractivity contribution in [3.05, 3.63) is 89.5 Å². The van der Waals surface area contributed by atoms with Gasteiger partial charge < -0.3 is 30.2 Å². The van der Waals surface area contributed by atoms with E-state index in [0.717, 1.165) is 131 Å². The maximum absolute atomic E-state index is 13.7. The van der Waals surface area contributed by atoms with Gasteiger partial charge in [0.15, 0.2) is 0 Å². The number of amides is 3. The zero-order valence-electron chi connectivity index (χ0n) is 35.6. The fourth-order valence-electron chi connectivity index (χ4n) is 8.85. The smallest absolute Gasteiger partial charge is 0.221 e. The highest BCUT2D eigenvalue weighted by atomic mass is 16.5. The Morgan fingerprint density at radius 3 is 1.07 bits per heavy atom. The molecule has 3 N–H and O–H groups in total. The lowest BCUT2D eigenvalue weighted by molar-refractivity contribution is -0.128. The van der Waals surface area contributed by atoms with Gasteiger partial charge in [-0.3, -0.25) is 33.9 Å². The van der Waals surface area contributed by atoms with Gasteiger partial charge in [-0.2, -0.15) is 0 Å². The first-order chi connectivity index (χ1) is 29.1. The van der Waals surface area contributed by atoms with E-state index in [4.69, 9.17) is 14.2 Å². The molecule has 3 aliphatic heterocycles. The van der Waals surface area contributed by atoms with Crippen molar-refractivity contribution in [3.63, 3.8) is 0 Å². The number of ether oxygens (including phenoxy) is 3. The lowest BCUT2D eigenvalue weighted by atomic mass is 9.78. The predicted molar refractivity (Wildman–Crippen MR) is 230 cm³/mol. The molecule has 323 valence electrons. The zero-order valence-corrected chi connectivity index (χ0v) is 35.6. The van der Waals surface area contributed by atoms with Gasteiger partial charge in [-0.1, -0.05) is 36.4 Å². The van der Waals surface area contributed by atoms with E-state index >= 15 is 0 Å². The molecule has 3 amide bonds. The topological polar surface area (TPSA) is 142 Å². The van der Waals surface area contributed by atoms with E-state index in [1.54, 1.807) is 21.3 Å². The van der Waals surface area contributed by atoms with Crippen LogP contribution in [0.3, 0.4) is 0 Å². The lowest BCUT2D eigenvalue weighted by Gasteiger charge is -2.35. The number of carbonyl (C=O) groups is 3. The van der Waals surface area contributed by atoms with Crippen LogP contribution in [0.2, 0.25) is 0 Å². The molecular weight excluding hydrogens is 761 g/mol. The number of rotatable bonds is 19. The minimum Gasteiger partial charge on any atom is -0.497 e. The van der Waals surface area contributed by atoms with Gasteiger partial charge in [0.05, 0.1) is 26.7 Å². The van der Waals surface area contributed by atoms with Crippen molar-refractivity contribution < 1.29 is 33.4 Å². The molecule has 13 nitrogen and oxygen atoms in total. The second-order valence-corrected chi connectivity index (χ2v) is 16.8. The number of benzene rings is 3. The van der Waals surface area contributed by atoms with Crippen molar-refractivity contribution in [1.29, 1.82) is 0 Å². The monoisotopic (exact) mass is 823 g/mol. The summed E-state index contributed by atoms with van der Waals surface area (Å²) in [5.41, 5.74) is 1.89. The van der Waals surface area contributed by atoms with Gasteiger partial charge in [0.1, 0.15) is 17.2 Å². The molecule has 0 aliphatic carbocycles. The van der Waals surface area contributed by atoms with Crippen molar-refractivity contribution >= 4 is 24.0 Å². The number of methoxy groups -OCH3 is 3. The van der Waals surface area contributed by atoms with Crippen LogP contribution in [0.4, 0.5) is 0 Å². The summed E-state index contributed by atoms with van der Waals surface area (Å²) in [5, 5.41) is 9.39. The molecule has 0 unspecified atom stereocenters. The van der Waals surface area contributed by atoms with Crippen LogP contribution in [0, 0.1) is 5.41 Å². The van der Waals surface area contributed by atoms with Gasteiger partial charge in [0, 0.05) is 96.3 Å². The van der Waals surface area contributed by atoms with E-state index in [1.807, 2.05) is 54.6 Å². The maximum Gasteiger partial charge on any atom is 0.221 e. The van der Waals surface area contributed by atoms with Crippen LogP contribution in [0.15, 0.2) is 72.8 Å². The Balaban J connectivity index is 1.03. The average molecular weight is 824 g/mol. The van der Waals surface area contributed by atoms with E-state index < -0.39 is 5.41 Å². The van der Waals surface area contributed by atoms with Crippen LogP contribution in [-0.2, 0) is 38.8 Å². The largest absolute Gasteiger partial charge is 0.497 e. The Morgan fingerprint density at radius 1 is 0.533 bits per heavy atom. The Kier molecular flexibility index (Phi) is 16.4. The van der Waals surface area contributed by atoms with Crippen molar-refractivity contribution in [1.82, 2.24) is 30.7 Å². The molecule has 0 aromatic heterocycles. The molecule has 3 aromatic rings. The third-order valence-electron chi connectivity index (χ3n) is 12.2. The molecule has 0 bridgehead atoms. The first kappa shape index (κ1) is 44.6. The van der Waals surface area contributed by atoms with Gasteiger partial charge in [-0.15, -0.1) is 0 Å². The molecule has 1 radical (unpaired) electrons. The Bertz CT molecular complexity index is 1660. The summed E-state index contributed by atoms with van der Waals surface area (Å²) >= 11 is 0. The number of hydrogen-bond acceptors (Lipinski definition) is 10. The van der Waals surface area contributed by atoms with Gasteiger partial charge in [-0.25, -0.2) is 0 Å². The van der Waals surface area contributed by atoms with Crippen LogP contribution in [0.25, 0.3) is 0 Å². The van der Waals surface area contributed by atoms with Crippen LogP contribution < -0.4 is 30.2 Å². The average Bonchev–Trinajstić information content (AvgIpc) is 3.25. The zero-order chi connectivity index (χ0) is 42.3. The Hall–Kier alpha value is -4.98. The molecule has 13 heteroatoms. The maximum atomic E-state index is 13.7. The van der Waals surface area contributed by atoms with Crippen molar-refractivity contribution in [2.24, 2.45) is 5.41 Å². The first-order valence-corrected chi connectivity index (χ1v) is 21.5. The number of piperidine rings is 3. The summed E-state index contributed by atoms with van der Waals surface area (Å²) < 4.78 is 16.1. The van der Waals surface area contributed by atoms with E-state index in [9.17, 15) is 19.2 Å². The Labute approximate surface area is 355 Å². The van der Waals surface area contributed by atoms with E-state index in [1.165, 1.54) is 0 Å². The molecule has 3 aliphatic rings. The summed E-state index contributed by atoms with van der Waals surface area (Å²) in [6.45, 7) is 7.16. The minimum atomic E-state index is -1.61. The third kappa shape index (κ3) is 13.5. The minimum absolute atomic E-state index is 0.0737. The molecule has 0 saturated carbocycles. The highest BCUT2D eigenvalue weighted by Gasteiger charge is 2.40. The fraction of sp³-hybridized carbons (Fsp3) is 0.532. The second-order valence-electron chi connectivity index (χ2n) is 16.8. The summed E-state index contributed by atoms with van der Waals surface area (Å²) in [4.78, 5) is 61.2. The number of hydrogen-bond donors (Lipinski definition) is 3. The fourth-order valence-corrected chi connectivity index (χ4v) is 8.85. The van der Waals surface area contributed by atoms with Crippen LogP contribution in [0.1, 0.15) is 74.5 Å². The van der Waals surface area contributed by atoms with Gasteiger partial charge in [-0.05, 0) is 91.6 Å². The molecule has 0 atom stereocenters. The number of nitrogens with zero attached hydrogens (tertiary/aromatic N) is 3. The van der Waals surface area contributed by atoms with E-state index in [0.29, 0.717) is 0 Å². The molecule has 3 fully saturated rings. The van der Waals surface area contributed by atoms with Crippen LogP contribution in [-0.4, -0.2) is 117 Å². The van der Waals surface area contributed by atoms with E-state index in [2.05, 4.69) is 55.1 Å². The summed E-state index contributed by atoms with van der Waals surface area (Å²) in [6.07, 6.45) is 5.70. The summed E-state index contributed by atoms with van der Waals surface area (Å²) in [6, 6.07) is 23.9. The van der Waals surface area contributed by atoms with Gasteiger partial charge in [0.2, 0.25) is 24.0 Å². The van der Waals surface area contributed by atoms with Gasteiger partial charge >= 0.3 is 0 Å². The van der Waals surface area contributed by atoms with Crippen LogP contribution in [0.5, 0.6) is 17.2 Å². The number of likely N-dealkylation sites (tertiary alicyclic amines) is 3. The second kappa shape index (κ2) is 22.0. The lowest BCUT2D eigenvalue weighted by Crippen LogP contribution is -2.49. The molecule has 3 aromatic carbocycles. The highest BCUT2D eigenvalue weighted by Crippen LogP contribution is 2.31. The third-order valence-corrected chi connectivity index (χ3v) is 12.2. The highest BCUT2D eigenvalue weighted by molar-refractivity contribution is 5.90. The molecule has 6 rings (SSSR count). The molecule has 3 saturated heterocycles. The summed E-state index contributed by atoms with van der Waals surface area (Å²) in [7, 11) is 4.98. The molecular formula is C47H63N6O7. The standard InChI is InChI=1S/C47H63N6O7/c1-58-41-10-4-7-35(25-41)31-51-19-13-38(14-20-51)48-44(55)28-47(34-54,29-45(56)49-39-15-21-52(22-16-39)32-36-8-5-11-42(26-36)59-2)30-46(57)50-40-17-23-53(24-18-40)33-37-9-6-12-43(27-37)60-3/h4-12,25-27,38-40H,13-24,28-33H2,1-3H3,(H,48,55)(H,49,56)(H,50,57). The normalized spacial score (nSPS) is 17.7. The van der Waals surface area contributed by atoms with Crippen molar-refractivity contribution in [3.8, 4) is 17.2 Å². The first-order valence-electron chi connectivity index (χ1n) is 21.5. The Morgan fingerprint density at radius 2 is 0.817 bits per heavy atom. The molecule has 0 spiro atoms. The number of nitrogens with one attached hydrogen (secondary N) is 3. The predicted octanol–water partition coefficient (Wildman–Crippen LogP) is 4.62. The van der Waals surface area contributed by atoms with Crippen LogP contribution >= 0.6 is 0 Å². The van der Waals surface area contributed by atoms with Gasteiger partial charge in [0.25, 0.3) is 0 Å². The SMILES string of the molecule is COc1cccc(CN2CCC(NC(=O)CC([C]=O)(CC(=O)NC3CCN(Cc4cccc(OC)c4)CC3)CC(=O)NC3CCN(Cc4cccc(OC)c4)CC3)CC2)c1. The summed E-state index contributed by atoms with van der Waals surface area (Å²) in [5.74, 6) is 1.43. The van der Waals surface area contributed by atoms with E-state index in [-0.39, 0.29) is 55.1 Å². The molecule has 60 heavy (non-hydrogen) atoms. The quantitative estimate of drug-likeness (QED) is 0.157. The number of carbonyl (C=O) groups excluding carboxylic acids is 4. The van der Waals surface area contributed by atoms with Crippen molar-refractivity contribution in [2.75, 3.05) is 60.6 Å². The molecule has 3 heterocycles. The van der Waals surface area contributed by atoms with Crippen molar-refractivity contribution in [2.45, 2.75) is 95.5 Å².